The summed E-state index contributed by atoms with van der Waals surface area (Å²) < 4.78 is 13.3. The Morgan fingerprint density at radius 2 is 2.24 bits per heavy atom. The number of carbonyl (C=O) groups excluding carboxylic acids is 2. The van der Waals surface area contributed by atoms with Gasteiger partial charge in [0.1, 0.15) is 5.82 Å². The Hall–Kier alpha value is -1.91. The first-order chi connectivity index (χ1) is 10.1. The first-order valence-corrected chi connectivity index (χ1v) is 7.34. The lowest BCUT2D eigenvalue weighted by atomic mass is 10.0. The topological polar surface area (TPSA) is 49.4 Å². The van der Waals surface area contributed by atoms with Crippen LogP contribution in [0.15, 0.2) is 24.3 Å². The van der Waals surface area contributed by atoms with Crippen LogP contribution in [0.1, 0.15) is 31.7 Å². The van der Waals surface area contributed by atoms with E-state index in [2.05, 4.69) is 5.32 Å². The fourth-order valence-corrected chi connectivity index (χ4v) is 2.70. The molecule has 114 valence electrons. The first kappa shape index (κ1) is 15.5. The zero-order valence-corrected chi connectivity index (χ0v) is 12.3. The minimum Gasteiger partial charge on any atom is -0.354 e. The van der Waals surface area contributed by atoms with Gasteiger partial charge in [-0.1, -0.05) is 12.1 Å². The lowest BCUT2D eigenvalue weighted by molar-refractivity contribution is -0.136. The lowest BCUT2D eigenvalue weighted by Gasteiger charge is -2.35. The molecule has 2 amide bonds. The van der Waals surface area contributed by atoms with Crippen molar-refractivity contribution < 1.29 is 14.0 Å². The number of likely N-dealkylation sites (tertiary alicyclic amines) is 1. The summed E-state index contributed by atoms with van der Waals surface area (Å²) in [6.45, 7) is 2.56. The van der Waals surface area contributed by atoms with E-state index in [1.165, 1.54) is 19.1 Å². The van der Waals surface area contributed by atoms with Crippen molar-refractivity contribution in [2.24, 2.45) is 0 Å². The van der Waals surface area contributed by atoms with E-state index in [0.717, 1.165) is 18.4 Å². The summed E-state index contributed by atoms with van der Waals surface area (Å²) in [6, 6.07) is 6.27. The highest BCUT2D eigenvalue weighted by Gasteiger charge is 2.26. The van der Waals surface area contributed by atoms with Crippen molar-refractivity contribution in [1.82, 2.24) is 10.2 Å². The van der Waals surface area contributed by atoms with Crippen molar-refractivity contribution in [1.29, 1.82) is 0 Å². The lowest BCUT2D eigenvalue weighted by Crippen LogP contribution is -2.49. The van der Waals surface area contributed by atoms with Gasteiger partial charge in [-0.3, -0.25) is 9.59 Å². The molecule has 0 aliphatic carbocycles. The van der Waals surface area contributed by atoms with Crippen LogP contribution in [0, 0.1) is 5.82 Å². The van der Waals surface area contributed by atoms with Gasteiger partial charge in [0, 0.05) is 26.4 Å². The predicted molar refractivity (Wildman–Crippen MR) is 78.1 cm³/mol. The molecule has 1 aromatic rings. The van der Waals surface area contributed by atoms with Crippen LogP contribution in [0.2, 0.25) is 0 Å². The molecular formula is C16H21FN2O2. The summed E-state index contributed by atoms with van der Waals surface area (Å²) >= 11 is 0. The number of carbonyl (C=O) groups is 2. The average molecular weight is 292 g/mol. The van der Waals surface area contributed by atoms with Crippen LogP contribution in [0.3, 0.4) is 0 Å². The maximum Gasteiger partial charge on any atom is 0.222 e. The average Bonchev–Trinajstić information content (AvgIpc) is 2.44. The number of hydrogen-bond acceptors (Lipinski definition) is 2. The third-order valence-corrected chi connectivity index (χ3v) is 3.75. The van der Waals surface area contributed by atoms with Crippen molar-refractivity contribution in [3.05, 3.63) is 35.6 Å². The van der Waals surface area contributed by atoms with Crippen LogP contribution in [0.5, 0.6) is 0 Å². The van der Waals surface area contributed by atoms with Crippen LogP contribution in [0.25, 0.3) is 0 Å². The second-order valence-electron chi connectivity index (χ2n) is 5.47. The van der Waals surface area contributed by atoms with Gasteiger partial charge in [0.15, 0.2) is 0 Å². The Morgan fingerprint density at radius 1 is 1.43 bits per heavy atom. The molecule has 0 aromatic heterocycles. The Balaban J connectivity index is 2.10. The number of hydrogen-bond donors (Lipinski definition) is 1. The zero-order chi connectivity index (χ0) is 15.2. The molecule has 0 saturated carbocycles. The van der Waals surface area contributed by atoms with Crippen LogP contribution >= 0.6 is 0 Å². The molecule has 0 unspecified atom stereocenters. The van der Waals surface area contributed by atoms with E-state index in [1.807, 2.05) is 11.0 Å². The summed E-state index contributed by atoms with van der Waals surface area (Å²) in [5, 5.41) is 2.77. The molecule has 2 rings (SSSR count). The highest BCUT2D eigenvalue weighted by atomic mass is 19.1. The zero-order valence-electron chi connectivity index (χ0n) is 12.3. The Labute approximate surface area is 124 Å². The number of piperidine rings is 1. The second kappa shape index (κ2) is 7.20. The van der Waals surface area contributed by atoms with Gasteiger partial charge in [0.05, 0.1) is 6.04 Å². The van der Waals surface area contributed by atoms with Gasteiger partial charge in [0.2, 0.25) is 11.8 Å². The molecule has 1 aliphatic rings. The third-order valence-electron chi connectivity index (χ3n) is 3.75. The van der Waals surface area contributed by atoms with E-state index < -0.39 is 0 Å². The monoisotopic (exact) mass is 292 g/mol. The number of nitrogens with zero attached hydrogens (tertiary/aromatic N) is 1. The smallest absolute Gasteiger partial charge is 0.222 e. The molecule has 0 radical (unpaired) electrons. The van der Waals surface area contributed by atoms with E-state index >= 15 is 0 Å². The predicted octanol–water partition coefficient (Wildman–Crippen LogP) is 1.89. The molecule has 5 heteroatoms. The van der Waals surface area contributed by atoms with Gasteiger partial charge in [-0.05, 0) is 37.0 Å². The highest BCUT2D eigenvalue weighted by molar-refractivity contribution is 5.77. The third kappa shape index (κ3) is 4.55. The van der Waals surface area contributed by atoms with Crippen LogP contribution in [-0.2, 0) is 16.0 Å². The number of nitrogens with one attached hydrogen (secondary N) is 1. The molecule has 1 aliphatic heterocycles. The minimum absolute atomic E-state index is 0.119. The van der Waals surface area contributed by atoms with Gasteiger partial charge in [-0.15, -0.1) is 0 Å². The normalized spacial score (nSPS) is 16.7. The Morgan fingerprint density at radius 3 is 2.90 bits per heavy atom. The molecule has 1 atom stereocenters. The van der Waals surface area contributed by atoms with E-state index in [9.17, 15) is 14.0 Å². The van der Waals surface area contributed by atoms with Crippen LogP contribution < -0.4 is 5.32 Å². The van der Waals surface area contributed by atoms with E-state index in [-0.39, 0.29) is 23.7 Å². The molecule has 1 aromatic carbocycles. The molecule has 0 bridgehead atoms. The van der Waals surface area contributed by atoms with Crippen molar-refractivity contribution >= 4 is 11.8 Å². The van der Waals surface area contributed by atoms with Crippen molar-refractivity contribution in [2.75, 3.05) is 13.1 Å². The first-order valence-electron chi connectivity index (χ1n) is 7.34. The van der Waals surface area contributed by atoms with Gasteiger partial charge < -0.3 is 10.2 Å². The fraction of sp³-hybridized carbons (Fsp3) is 0.500. The molecule has 1 saturated heterocycles. The fourth-order valence-electron chi connectivity index (χ4n) is 2.70. The van der Waals surface area contributed by atoms with E-state index in [4.69, 9.17) is 0 Å². The quantitative estimate of drug-likeness (QED) is 0.901. The molecule has 1 N–H and O–H groups in total. The van der Waals surface area contributed by atoms with Crippen molar-refractivity contribution in [3.63, 3.8) is 0 Å². The maximum absolute atomic E-state index is 13.3. The van der Waals surface area contributed by atoms with Crippen LogP contribution in [-0.4, -0.2) is 35.8 Å². The van der Waals surface area contributed by atoms with E-state index in [1.54, 1.807) is 6.07 Å². The summed E-state index contributed by atoms with van der Waals surface area (Å²) in [5.74, 6) is -0.285. The summed E-state index contributed by atoms with van der Waals surface area (Å²) in [5.41, 5.74) is 0.837. The Bertz CT molecular complexity index is 519. The molecule has 0 spiro atoms. The minimum atomic E-state index is -0.282. The number of rotatable bonds is 5. The van der Waals surface area contributed by atoms with Gasteiger partial charge >= 0.3 is 0 Å². The number of benzene rings is 1. The second-order valence-corrected chi connectivity index (χ2v) is 5.47. The van der Waals surface area contributed by atoms with E-state index in [0.29, 0.717) is 25.9 Å². The molecule has 21 heavy (non-hydrogen) atoms. The molecule has 1 heterocycles. The standard InChI is InChI=1S/C16H21FN2O2/c1-12(20)18-11-15(19-8-3-2-7-16(19)21)10-13-5-4-6-14(17)9-13/h4-6,9,15H,2-3,7-8,10-11H2,1H3,(H,18,20)/t15-/m0/s1. The van der Waals surface area contributed by atoms with Gasteiger partial charge in [-0.25, -0.2) is 4.39 Å². The SMILES string of the molecule is CC(=O)NC[C@H](Cc1cccc(F)c1)N1CCCCC1=O. The summed E-state index contributed by atoms with van der Waals surface area (Å²) in [6.07, 6.45) is 3.00. The van der Waals surface area contributed by atoms with Crippen molar-refractivity contribution in [2.45, 2.75) is 38.6 Å². The molecule has 4 nitrogen and oxygen atoms in total. The maximum atomic E-state index is 13.3. The van der Waals surface area contributed by atoms with Gasteiger partial charge in [0.25, 0.3) is 0 Å². The van der Waals surface area contributed by atoms with Crippen LogP contribution in [0.4, 0.5) is 4.39 Å². The molecular weight excluding hydrogens is 271 g/mol. The highest BCUT2D eigenvalue weighted by Crippen LogP contribution is 2.17. The summed E-state index contributed by atoms with van der Waals surface area (Å²) in [7, 11) is 0. The summed E-state index contributed by atoms with van der Waals surface area (Å²) in [4.78, 5) is 25.0. The van der Waals surface area contributed by atoms with Gasteiger partial charge in [-0.2, -0.15) is 0 Å². The Kier molecular flexibility index (Phi) is 5.31. The number of amides is 2. The largest absolute Gasteiger partial charge is 0.354 e. The molecule has 1 fully saturated rings. The van der Waals surface area contributed by atoms with Crippen molar-refractivity contribution in [3.8, 4) is 0 Å². The number of halogens is 1.